The number of pyridine rings is 2. The van der Waals surface area contributed by atoms with E-state index in [0.29, 0.717) is 22.2 Å². The molecule has 25 heavy (non-hydrogen) atoms. The molecule has 0 aliphatic heterocycles. The summed E-state index contributed by atoms with van der Waals surface area (Å²) in [4.78, 5) is 20.3. The highest BCUT2D eigenvalue weighted by molar-refractivity contribution is 6.30. The van der Waals surface area contributed by atoms with Crippen molar-refractivity contribution in [2.75, 3.05) is 5.43 Å². The number of hydrogen-bond acceptors (Lipinski definition) is 3. The van der Waals surface area contributed by atoms with Gasteiger partial charge in [-0.1, -0.05) is 40.5 Å². The second kappa shape index (κ2) is 6.37. The minimum Gasteiger partial charge on any atom is -0.352 e. The molecule has 4 aromatic rings. The summed E-state index contributed by atoms with van der Waals surface area (Å²) in [6.07, 6.45) is 3.55. The van der Waals surface area contributed by atoms with E-state index < -0.39 is 0 Å². The van der Waals surface area contributed by atoms with Crippen LogP contribution in [0.15, 0.2) is 73.1 Å². The summed E-state index contributed by atoms with van der Waals surface area (Å²) < 4.78 is 1.71. The maximum Gasteiger partial charge on any atom is 0.227 e. The van der Waals surface area contributed by atoms with Crippen molar-refractivity contribution in [3.05, 3.63) is 89.5 Å². The Balaban J connectivity index is 1.61. The van der Waals surface area contributed by atoms with Gasteiger partial charge in [0.2, 0.25) is 18.2 Å². The zero-order valence-corrected chi connectivity index (χ0v) is 13.9. The number of H-pyrrole nitrogens is 1. The number of para-hydroxylation sites is 1. The number of ketones is 1. The summed E-state index contributed by atoms with van der Waals surface area (Å²) in [5, 5.41) is 1.64. The Morgan fingerprint density at radius 3 is 2.64 bits per heavy atom. The molecule has 6 heteroatoms. The Morgan fingerprint density at radius 1 is 1.04 bits per heavy atom. The van der Waals surface area contributed by atoms with Crippen LogP contribution in [0, 0.1) is 0 Å². The minimum atomic E-state index is -0.152. The molecule has 0 spiro atoms. The molecule has 3 aromatic heterocycles. The highest BCUT2D eigenvalue weighted by Crippen LogP contribution is 2.17. The van der Waals surface area contributed by atoms with Crippen molar-refractivity contribution >= 4 is 34.1 Å². The molecule has 0 fully saturated rings. The van der Waals surface area contributed by atoms with Gasteiger partial charge < -0.3 is 4.98 Å². The Bertz CT molecular complexity index is 1020. The number of aromatic amines is 1. The summed E-state index contributed by atoms with van der Waals surface area (Å²) in [7, 11) is 0. The number of rotatable bonds is 4. The van der Waals surface area contributed by atoms with Gasteiger partial charge >= 0.3 is 0 Å². The lowest BCUT2D eigenvalue weighted by molar-refractivity contribution is -0.643. The van der Waals surface area contributed by atoms with E-state index in [1.165, 1.54) is 0 Å². The lowest BCUT2D eigenvalue weighted by Crippen LogP contribution is -2.41. The van der Waals surface area contributed by atoms with Crippen LogP contribution < -0.4 is 10.1 Å². The van der Waals surface area contributed by atoms with E-state index >= 15 is 0 Å². The van der Waals surface area contributed by atoms with Crippen molar-refractivity contribution in [2.24, 2.45) is 0 Å². The third-order valence-corrected chi connectivity index (χ3v) is 4.04. The average molecular weight is 350 g/mol. The summed E-state index contributed by atoms with van der Waals surface area (Å²) in [5.41, 5.74) is 4.90. The van der Waals surface area contributed by atoms with Crippen LogP contribution in [0.1, 0.15) is 16.2 Å². The molecule has 0 saturated heterocycles. The molecule has 3 heterocycles. The van der Waals surface area contributed by atoms with E-state index in [1.54, 1.807) is 47.4 Å². The van der Waals surface area contributed by atoms with Crippen LogP contribution in [-0.2, 0) is 0 Å². The van der Waals surface area contributed by atoms with Gasteiger partial charge in [0.1, 0.15) is 5.69 Å². The van der Waals surface area contributed by atoms with Gasteiger partial charge in [0.15, 0.2) is 5.82 Å². The van der Waals surface area contributed by atoms with Crippen molar-refractivity contribution in [2.45, 2.75) is 0 Å². The van der Waals surface area contributed by atoms with Gasteiger partial charge in [0.05, 0.1) is 10.7 Å². The van der Waals surface area contributed by atoms with E-state index in [-0.39, 0.29) is 5.78 Å². The van der Waals surface area contributed by atoms with E-state index in [0.717, 1.165) is 10.9 Å². The lowest BCUT2D eigenvalue weighted by Gasteiger charge is -2.02. The molecule has 0 saturated carbocycles. The monoisotopic (exact) mass is 349 g/mol. The van der Waals surface area contributed by atoms with Crippen LogP contribution in [0.4, 0.5) is 5.82 Å². The number of nitrogens with one attached hydrogen (secondary N) is 2. The fourth-order valence-electron chi connectivity index (χ4n) is 2.57. The average Bonchev–Trinajstić information content (AvgIpc) is 3.07. The van der Waals surface area contributed by atoms with Crippen molar-refractivity contribution in [1.82, 2.24) is 9.97 Å². The first-order valence-corrected chi connectivity index (χ1v) is 8.10. The molecule has 0 bridgehead atoms. The predicted octanol–water partition coefficient (Wildman–Crippen LogP) is 3.61. The quantitative estimate of drug-likeness (QED) is 0.437. The summed E-state index contributed by atoms with van der Waals surface area (Å²) in [6.45, 7) is 0. The molecule has 1 aromatic carbocycles. The normalized spacial score (nSPS) is 10.8. The largest absolute Gasteiger partial charge is 0.352 e. The van der Waals surface area contributed by atoms with Gasteiger partial charge in [-0.05, 0) is 24.3 Å². The van der Waals surface area contributed by atoms with E-state index in [2.05, 4.69) is 15.4 Å². The molecule has 2 N–H and O–H groups in total. The van der Waals surface area contributed by atoms with Gasteiger partial charge in [-0.3, -0.25) is 4.79 Å². The second-order valence-corrected chi connectivity index (χ2v) is 5.98. The molecule has 0 atom stereocenters. The van der Waals surface area contributed by atoms with Gasteiger partial charge in [0.25, 0.3) is 0 Å². The van der Waals surface area contributed by atoms with E-state index in [1.807, 2.05) is 30.3 Å². The standard InChI is InChI=1S/C19H13ClN4O/c20-14-8-10-24(11-9-14)23-18-7-3-6-16(22-18)19(25)17-12-13-4-1-2-5-15(13)21-17/h1-12H,(H-,21,22,23,25)/p+1. The molecule has 0 unspecified atom stereocenters. The van der Waals surface area contributed by atoms with Gasteiger partial charge in [-0.15, -0.1) is 5.43 Å². The lowest BCUT2D eigenvalue weighted by atomic mass is 10.2. The van der Waals surface area contributed by atoms with Gasteiger partial charge in [0, 0.05) is 23.0 Å². The molecule has 0 amide bonds. The maximum atomic E-state index is 12.7. The third-order valence-electron chi connectivity index (χ3n) is 3.79. The molecule has 0 aliphatic rings. The molecule has 122 valence electrons. The number of fused-ring (bicyclic) bond motifs is 1. The third kappa shape index (κ3) is 3.22. The number of carbonyl (C=O) groups excluding carboxylic acids is 1. The number of carbonyl (C=O) groups is 1. The van der Waals surface area contributed by atoms with Crippen LogP contribution >= 0.6 is 11.6 Å². The Kier molecular flexibility index (Phi) is 3.91. The van der Waals surface area contributed by atoms with Crippen LogP contribution in [0.5, 0.6) is 0 Å². The molecule has 0 aliphatic carbocycles. The number of nitrogens with zero attached hydrogens (tertiary/aromatic N) is 2. The highest BCUT2D eigenvalue weighted by Gasteiger charge is 2.14. The van der Waals surface area contributed by atoms with Crippen LogP contribution in [-0.4, -0.2) is 15.8 Å². The number of hydrogen-bond donors (Lipinski definition) is 2. The summed E-state index contributed by atoms with van der Waals surface area (Å²) in [6, 6.07) is 18.4. The first kappa shape index (κ1) is 15.4. The number of anilines is 1. The van der Waals surface area contributed by atoms with Crippen molar-refractivity contribution in [3.8, 4) is 0 Å². The molecule has 0 radical (unpaired) electrons. The summed E-state index contributed by atoms with van der Waals surface area (Å²) in [5.74, 6) is 0.412. The first-order valence-electron chi connectivity index (χ1n) is 7.72. The van der Waals surface area contributed by atoms with Crippen LogP contribution in [0.2, 0.25) is 5.02 Å². The van der Waals surface area contributed by atoms with Crippen LogP contribution in [0.3, 0.4) is 0 Å². The fourth-order valence-corrected chi connectivity index (χ4v) is 2.68. The van der Waals surface area contributed by atoms with Crippen molar-refractivity contribution in [3.63, 3.8) is 0 Å². The van der Waals surface area contributed by atoms with Gasteiger partial charge in [-0.2, -0.15) is 0 Å². The van der Waals surface area contributed by atoms with Gasteiger partial charge in [-0.25, -0.2) is 4.98 Å². The van der Waals surface area contributed by atoms with E-state index in [9.17, 15) is 4.79 Å². The SMILES string of the molecule is O=C(c1cccc(N[n+]2ccc(Cl)cc2)n1)c1cc2ccccc2[nH]1. The van der Waals surface area contributed by atoms with Crippen molar-refractivity contribution in [1.29, 1.82) is 0 Å². The predicted molar refractivity (Wildman–Crippen MR) is 96.6 cm³/mol. The van der Waals surface area contributed by atoms with Crippen molar-refractivity contribution < 1.29 is 9.47 Å². The Labute approximate surface area is 148 Å². The minimum absolute atomic E-state index is 0.152. The number of aromatic nitrogens is 3. The summed E-state index contributed by atoms with van der Waals surface area (Å²) >= 11 is 5.88. The number of halogens is 1. The van der Waals surface area contributed by atoms with E-state index in [4.69, 9.17) is 11.6 Å². The highest BCUT2D eigenvalue weighted by atomic mass is 35.5. The topological polar surface area (TPSA) is 61.7 Å². The fraction of sp³-hybridized carbons (Fsp3) is 0. The molecule has 4 rings (SSSR count). The van der Waals surface area contributed by atoms with Crippen LogP contribution in [0.25, 0.3) is 10.9 Å². The Morgan fingerprint density at radius 2 is 1.84 bits per heavy atom. The molecular weight excluding hydrogens is 336 g/mol. The zero-order chi connectivity index (χ0) is 17.2. The smallest absolute Gasteiger partial charge is 0.227 e. The maximum absolute atomic E-state index is 12.7. The second-order valence-electron chi connectivity index (χ2n) is 5.54. The zero-order valence-electron chi connectivity index (χ0n) is 13.1. The molecular formula is C19H14ClN4O+. The first-order chi connectivity index (χ1) is 12.2. The molecule has 5 nitrogen and oxygen atoms in total. The number of benzene rings is 1. The Hall–Kier alpha value is -3.18.